The predicted molar refractivity (Wildman–Crippen MR) is 73.8 cm³/mol. The molecule has 0 bridgehead atoms. The molecule has 0 amide bonds. The van der Waals surface area contributed by atoms with Gasteiger partial charge in [-0.3, -0.25) is 0 Å². The molecule has 4 heteroatoms. The molecule has 1 aromatic carbocycles. The van der Waals surface area contributed by atoms with Gasteiger partial charge < -0.3 is 15.0 Å². The van der Waals surface area contributed by atoms with Crippen LogP contribution in [0.15, 0.2) is 36.5 Å². The molecule has 1 atom stereocenters. The number of ether oxygens (including phenoxy) is 1. The number of hydrogen-bond acceptors (Lipinski definition) is 2. The van der Waals surface area contributed by atoms with Gasteiger partial charge in [-0.1, -0.05) is 6.07 Å². The van der Waals surface area contributed by atoms with E-state index in [2.05, 4.69) is 4.57 Å². The van der Waals surface area contributed by atoms with Crippen LogP contribution < -0.4 is 10.5 Å². The monoisotopic (exact) mass is 262 g/mol. The van der Waals surface area contributed by atoms with Gasteiger partial charge in [-0.2, -0.15) is 0 Å². The van der Waals surface area contributed by atoms with Crippen molar-refractivity contribution in [3.05, 3.63) is 53.6 Å². The number of methoxy groups -OCH3 is 1. The van der Waals surface area contributed by atoms with Crippen LogP contribution in [-0.2, 0) is 13.0 Å². The summed E-state index contributed by atoms with van der Waals surface area (Å²) in [6, 6.07) is 9.17. The van der Waals surface area contributed by atoms with Crippen LogP contribution in [0.25, 0.3) is 0 Å². The average molecular weight is 262 g/mol. The largest absolute Gasteiger partial charge is 0.494 e. The van der Waals surface area contributed by atoms with E-state index in [-0.39, 0.29) is 17.6 Å². The van der Waals surface area contributed by atoms with E-state index in [4.69, 9.17) is 10.5 Å². The third-order valence-electron chi connectivity index (χ3n) is 3.02. The summed E-state index contributed by atoms with van der Waals surface area (Å²) < 4.78 is 20.6. The van der Waals surface area contributed by atoms with E-state index in [1.165, 1.54) is 13.2 Å². The maximum Gasteiger partial charge on any atom is 0.165 e. The molecule has 0 aliphatic rings. The first-order chi connectivity index (χ1) is 9.10. The lowest BCUT2D eigenvalue weighted by Gasteiger charge is -2.12. The van der Waals surface area contributed by atoms with Crippen LogP contribution in [0.5, 0.6) is 5.75 Å². The molecule has 1 heterocycles. The Kier molecular flexibility index (Phi) is 4.22. The number of rotatable bonds is 5. The first kappa shape index (κ1) is 13.6. The lowest BCUT2D eigenvalue weighted by molar-refractivity contribution is 0.386. The molecule has 0 saturated heterocycles. The molecule has 0 aliphatic carbocycles. The van der Waals surface area contributed by atoms with E-state index in [9.17, 15) is 4.39 Å². The molecule has 102 valence electrons. The third kappa shape index (κ3) is 3.35. The van der Waals surface area contributed by atoms with Crippen molar-refractivity contribution in [3.8, 4) is 5.75 Å². The fraction of sp³-hybridized carbons (Fsp3) is 0.333. The quantitative estimate of drug-likeness (QED) is 0.899. The molecule has 3 nitrogen and oxygen atoms in total. The Morgan fingerprint density at radius 3 is 2.79 bits per heavy atom. The number of aromatic nitrogens is 1. The van der Waals surface area contributed by atoms with Crippen LogP contribution in [-0.4, -0.2) is 17.7 Å². The summed E-state index contributed by atoms with van der Waals surface area (Å²) >= 11 is 0. The van der Waals surface area contributed by atoms with Gasteiger partial charge in [-0.15, -0.1) is 0 Å². The summed E-state index contributed by atoms with van der Waals surface area (Å²) in [6.45, 7) is 2.61. The predicted octanol–water partition coefficient (Wildman–Crippen LogP) is 2.57. The van der Waals surface area contributed by atoms with Crippen LogP contribution >= 0.6 is 0 Å². The Balaban J connectivity index is 2.17. The first-order valence-corrected chi connectivity index (χ1v) is 6.32. The molecule has 0 fully saturated rings. The number of benzene rings is 1. The zero-order valence-electron chi connectivity index (χ0n) is 11.3. The van der Waals surface area contributed by atoms with Crippen molar-refractivity contribution >= 4 is 0 Å². The average Bonchev–Trinajstić information content (AvgIpc) is 2.76. The topological polar surface area (TPSA) is 40.2 Å². The second kappa shape index (κ2) is 5.89. The minimum Gasteiger partial charge on any atom is -0.494 e. The highest BCUT2D eigenvalue weighted by molar-refractivity contribution is 5.29. The maximum absolute atomic E-state index is 13.6. The Labute approximate surface area is 112 Å². The van der Waals surface area contributed by atoms with Crippen molar-refractivity contribution in [2.45, 2.75) is 25.9 Å². The molecule has 1 unspecified atom stereocenters. The highest BCUT2D eigenvalue weighted by atomic mass is 19.1. The number of halogens is 1. The number of nitrogens with two attached hydrogens (primary N) is 1. The van der Waals surface area contributed by atoms with Gasteiger partial charge in [0.2, 0.25) is 0 Å². The molecule has 1 aromatic heterocycles. The van der Waals surface area contributed by atoms with E-state index in [0.29, 0.717) is 6.54 Å². The summed E-state index contributed by atoms with van der Waals surface area (Å²) in [4.78, 5) is 0. The molecule has 2 rings (SSSR count). The van der Waals surface area contributed by atoms with Gasteiger partial charge in [0.25, 0.3) is 0 Å². The first-order valence-electron chi connectivity index (χ1n) is 6.32. The maximum atomic E-state index is 13.6. The Hall–Kier alpha value is -1.81. The lowest BCUT2D eigenvalue weighted by Crippen LogP contribution is -2.20. The number of hydrogen-bond donors (Lipinski definition) is 1. The fourth-order valence-electron chi connectivity index (χ4n) is 2.12. The van der Waals surface area contributed by atoms with E-state index in [0.717, 1.165) is 17.7 Å². The van der Waals surface area contributed by atoms with Gasteiger partial charge >= 0.3 is 0 Å². The van der Waals surface area contributed by atoms with Crippen LogP contribution in [0.4, 0.5) is 4.39 Å². The van der Waals surface area contributed by atoms with Gasteiger partial charge in [0.1, 0.15) is 0 Å². The summed E-state index contributed by atoms with van der Waals surface area (Å²) in [5.41, 5.74) is 7.88. The van der Waals surface area contributed by atoms with E-state index in [1.54, 1.807) is 6.07 Å². The minimum atomic E-state index is -0.333. The van der Waals surface area contributed by atoms with Crippen molar-refractivity contribution in [2.24, 2.45) is 5.73 Å². The van der Waals surface area contributed by atoms with Crippen LogP contribution in [0.1, 0.15) is 18.2 Å². The SMILES string of the molecule is COc1ccc(Cn2cccc2CC(C)N)cc1F. The van der Waals surface area contributed by atoms with E-state index >= 15 is 0 Å². The lowest BCUT2D eigenvalue weighted by atomic mass is 10.1. The molecule has 0 radical (unpaired) electrons. The summed E-state index contributed by atoms with van der Waals surface area (Å²) in [5.74, 6) is -0.0621. The molecule has 2 aromatic rings. The van der Waals surface area contributed by atoms with Gasteiger partial charge in [-0.25, -0.2) is 4.39 Å². The zero-order chi connectivity index (χ0) is 13.8. The molecule has 0 aliphatic heterocycles. The standard InChI is InChI=1S/C15H19FN2O/c1-11(17)8-13-4-3-7-18(13)10-12-5-6-15(19-2)14(16)9-12/h3-7,9,11H,8,10,17H2,1-2H3. The Morgan fingerprint density at radius 1 is 1.37 bits per heavy atom. The van der Waals surface area contributed by atoms with E-state index < -0.39 is 0 Å². The van der Waals surface area contributed by atoms with Crippen molar-refractivity contribution in [1.82, 2.24) is 4.57 Å². The van der Waals surface area contributed by atoms with Crippen LogP contribution in [0.3, 0.4) is 0 Å². The van der Waals surface area contributed by atoms with Crippen LogP contribution in [0, 0.1) is 5.82 Å². The summed E-state index contributed by atoms with van der Waals surface area (Å²) in [5, 5.41) is 0. The molecule has 19 heavy (non-hydrogen) atoms. The molecule has 2 N–H and O–H groups in total. The second-order valence-electron chi connectivity index (χ2n) is 4.78. The molecular formula is C15H19FN2O. The van der Waals surface area contributed by atoms with E-state index in [1.807, 2.05) is 31.3 Å². The number of nitrogens with zero attached hydrogens (tertiary/aromatic N) is 1. The van der Waals surface area contributed by atoms with Crippen LogP contribution in [0.2, 0.25) is 0 Å². The summed E-state index contributed by atoms with van der Waals surface area (Å²) in [7, 11) is 1.46. The Bertz CT molecular complexity index is 549. The van der Waals surface area contributed by atoms with Crippen molar-refractivity contribution in [2.75, 3.05) is 7.11 Å². The molecular weight excluding hydrogens is 243 g/mol. The second-order valence-corrected chi connectivity index (χ2v) is 4.78. The zero-order valence-corrected chi connectivity index (χ0v) is 11.3. The molecule has 0 spiro atoms. The van der Waals surface area contributed by atoms with Gasteiger partial charge in [0, 0.05) is 30.9 Å². The summed E-state index contributed by atoms with van der Waals surface area (Å²) in [6.07, 6.45) is 2.80. The highest BCUT2D eigenvalue weighted by Crippen LogP contribution is 2.19. The molecule has 0 saturated carbocycles. The van der Waals surface area contributed by atoms with Crippen molar-refractivity contribution < 1.29 is 9.13 Å². The fourth-order valence-corrected chi connectivity index (χ4v) is 2.12. The third-order valence-corrected chi connectivity index (χ3v) is 3.02. The highest BCUT2D eigenvalue weighted by Gasteiger charge is 2.07. The Morgan fingerprint density at radius 2 is 2.16 bits per heavy atom. The van der Waals surface area contributed by atoms with Crippen molar-refractivity contribution in [1.29, 1.82) is 0 Å². The normalized spacial score (nSPS) is 12.4. The van der Waals surface area contributed by atoms with Gasteiger partial charge in [-0.05, 0) is 36.8 Å². The minimum absolute atomic E-state index is 0.112. The smallest absolute Gasteiger partial charge is 0.165 e. The van der Waals surface area contributed by atoms with Crippen molar-refractivity contribution in [3.63, 3.8) is 0 Å². The van der Waals surface area contributed by atoms with Gasteiger partial charge in [0.05, 0.1) is 7.11 Å². The van der Waals surface area contributed by atoms with Gasteiger partial charge in [0.15, 0.2) is 11.6 Å².